The van der Waals surface area contributed by atoms with Crippen molar-refractivity contribution in [3.8, 4) is 0 Å². The monoisotopic (exact) mass is 292 g/mol. The van der Waals surface area contributed by atoms with Gasteiger partial charge in [0, 0.05) is 28.8 Å². The zero-order chi connectivity index (χ0) is 25.2. The normalized spacial score (nSPS) is 33.2. The molecule has 2 heteroatoms. The first-order chi connectivity index (χ1) is 14.2. The minimum Gasteiger partial charge on any atom is -0.306 e. The van der Waals surface area contributed by atoms with Gasteiger partial charge in [-0.25, -0.2) is 0 Å². The number of rotatable bonds is 5. The molecule has 0 heterocycles. The lowest BCUT2D eigenvalue weighted by Gasteiger charge is -2.51. The molecule has 1 aliphatic carbocycles. The van der Waals surface area contributed by atoms with Crippen LogP contribution in [0.25, 0.3) is 0 Å². The van der Waals surface area contributed by atoms with Crippen LogP contribution in [0, 0.1) is 5.92 Å². The number of halogens is 1. The predicted molar refractivity (Wildman–Crippen MR) is 83.9 cm³/mol. The van der Waals surface area contributed by atoms with Crippen molar-refractivity contribution in [3.63, 3.8) is 0 Å². The predicted octanol–water partition coefficient (Wildman–Crippen LogP) is 4.74. The summed E-state index contributed by atoms with van der Waals surface area (Å²) in [5.74, 6) is -1.02. The molecule has 2 rings (SSSR count). The van der Waals surface area contributed by atoms with E-state index in [-0.39, 0.29) is 23.3 Å². The van der Waals surface area contributed by atoms with E-state index >= 15 is 0 Å². The zero-order valence-electron chi connectivity index (χ0n) is 24.0. The lowest BCUT2D eigenvalue weighted by atomic mass is 9.58. The molecule has 106 valence electrons. The fourth-order valence-electron chi connectivity index (χ4n) is 2.36. The summed E-state index contributed by atoms with van der Waals surface area (Å²) in [5, 5.41) is -0.468. The molecule has 0 bridgehead atoms. The van der Waals surface area contributed by atoms with E-state index in [9.17, 15) is 1.37 Å². The molecule has 1 fully saturated rings. The maximum Gasteiger partial charge on any atom is 0.0639 e. The maximum atomic E-state index is 9.36. The van der Waals surface area contributed by atoms with Crippen LogP contribution in [-0.2, 0) is 5.41 Å². The Balaban J connectivity index is 3.10. The van der Waals surface area contributed by atoms with E-state index < -0.39 is 66.9 Å². The van der Waals surface area contributed by atoms with Crippen molar-refractivity contribution in [3.05, 3.63) is 34.8 Å². The Morgan fingerprint density at radius 2 is 2.05 bits per heavy atom. The van der Waals surface area contributed by atoms with Crippen LogP contribution in [0.5, 0.6) is 0 Å². The third kappa shape index (κ3) is 2.98. The van der Waals surface area contributed by atoms with Crippen molar-refractivity contribution >= 4 is 11.6 Å². The van der Waals surface area contributed by atoms with Gasteiger partial charge < -0.3 is 4.90 Å². The Kier molecular flexibility index (Phi) is 1.65. The maximum absolute atomic E-state index is 9.36. The molecule has 1 saturated carbocycles. The summed E-state index contributed by atoms with van der Waals surface area (Å²) < 4.78 is 107. The summed E-state index contributed by atoms with van der Waals surface area (Å²) in [4.78, 5) is -0.104. The fraction of sp³-hybridized carbons (Fsp3) is 0.647. The van der Waals surface area contributed by atoms with Crippen molar-refractivity contribution in [1.82, 2.24) is 4.90 Å². The minimum atomic E-state index is -3.43. The van der Waals surface area contributed by atoms with Crippen LogP contribution < -0.4 is 0 Å². The van der Waals surface area contributed by atoms with Crippen LogP contribution in [0.2, 0.25) is 5.02 Å². The van der Waals surface area contributed by atoms with E-state index in [2.05, 4.69) is 0 Å². The molecule has 1 aliphatic rings. The first kappa shape index (κ1) is 5.35. The number of likely N-dealkylation sites (N-methyl/N-ethyl adjacent to an activating group) is 1. The van der Waals surface area contributed by atoms with E-state index in [1.807, 2.05) is 0 Å². The lowest BCUT2D eigenvalue weighted by Crippen LogP contribution is -2.52. The van der Waals surface area contributed by atoms with E-state index in [0.717, 1.165) is 0 Å². The van der Waals surface area contributed by atoms with Crippen LogP contribution in [0.4, 0.5) is 0 Å². The molecule has 0 aromatic heterocycles. The van der Waals surface area contributed by atoms with Gasteiger partial charge in [0.05, 0.1) is 5.48 Å². The van der Waals surface area contributed by atoms with Gasteiger partial charge in [-0.2, -0.15) is 0 Å². The van der Waals surface area contributed by atoms with E-state index in [1.54, 1.807) is 0 Å². The van der Waals surface area contributed by atoms with Gasteiger partial charge in [0.15, 0.2) is 0 Å². The molecule has 0 amide bonds. The van der Waals surface area contributed by atoms with Gasteiger partial charge in [-0.15, -0.1) is 0 Å². The Labute approximate surface area is 141 Å². The lowest BCUT2D eigenvalue weighted by molar-refractivity contribution is 0.0808. The van der Waals surface area contributed by atoms with Crippen molar-refractivity contribution in [2.45, 2.75) is 50.9 Å². The highest BCUT2D eigenvalue weighted by Gasteiger charge is 2.46. The van der Waals surface area contributed by atoms with Crippen molar-refractivity contribution in [2.24, 2.45) is 5.92 Å². The van der Waals surface area contributed by atoms with Gasteiger partial charge in [0.1, 0.15) is 0 Å². The van der Waals surface area contributed by atoms with Crippen molar-refractivity contribution in [1.29, 1.82) is 0 Å². The molecule has 19 heavy (non-hydrogen) atoms. The van der Waals surface area contributed by atoms with Gasteiger partial charge in [-0.05, 0) is 56.7 Å². The van der Waals surface area contributed by atoms with Gasteiger partial charge in [0.25, 0.3) is 0 Å². The number of hydrogen-bond acceptors (Lipinski definition) is 1. The molecule has 0 radical (unpaired) electrons. The molecule has 0 aliphatic heterocycles. The summed E-state index contributed by atoms with van der Waals surface area (Å²) >= 11 is 5.91. The summed E-state index contributed by atoms with van der Waals surface area (Å²) in [7, 11) is 0. The number of hydrogen-bond donors (Lipinski definition) is 0. The molecule has 1 aromatic rings. The van der Waals surface area contributed by atoms with E-state index in [1.165, 1.54) is 13.8 Å². The summed E-state index contributed by atoms with van der Waals surface area (Å²) in [5.41, 5.74) is -2.34. The van der Waals surface area contributed by atoms with Crippen LogP contribution >= 0.6 is 11.6 Å². The molecule has 1 atom stereocenters. The Bertz CT molecular complexity index is 845. The summed E-state index contributed by atoms with van der Waals surface area (Å²) in [6.07, 6.45) is -2.58. The number of nitrogens with zero attached hydrogens (tertiary/aromatic N) is 1. The molecule has 1 nitrogen and oxygen atoms in total. The minimum absolute atomic E-state index is 0.0936. The standard InChI is InChI=1S/C17H26ClN/c1-13(2)12-16(19(3)4)17(10-5-11-17)14-6-8-15(18)9-7-14/h6-9,13,16H,5,10-12H2,1-4H3/i3D3,4D3,6D,7D,8D,9D,12D2,16D. The van der Waals surface area contributed by atoms with Gasteiger partial charge in [-0.3, -0.25) is 0 Å². The first-order valence-corrected chi connectivity index (χ1v) is 6.64. The SMILES string of the molecule is [2H]c1c([2H])c(C2(C([2H])(N(C([2H])([2H])[2H])C([2H])([2H])[2H])C([2H])([2H])C(C)C)CCC2)c([2H])c([2H])c1Cl. The van der Waals surface area contributed by atoms with Crippen LogP contribution in [0.1, 0.15) is 62.9 Å². The summed E-state index contributed by atoms with van der Waals surface area (Å²) in [6.45, 7) is -4.07. The van der Waals surface area contributed by atoms with Gasteiger partial charge in [-0.1, -0.05) is 44.0 Å². The molecule has 1 aromatic carbocycles. The average molecular weight is 293 g/mol. The highest BCUT2D eigenvalue weighted by Crippen LogP contribution is 2.49. The second-order valence-corrected chi connectivity index (χ2v) is 5.49. The smallest absolute Gasteiger partial charge is 0.0639 e. The number of benzene rings is 1. The largest absolute Gasteiger partial charge is 0.306 e. The molecule has 0 saturated heterocycles. The highest BCUT2D eigenvalue weighted by molar-refractivity contribution is 6.30. The average Bonchev–Trinajstić information content (AvgIpc) is 2.57. The Hall–Kier alpha value is -0.530. The molecule has 0 spiro atoms. The quantitative estimate of drug-likeness (QED) is 0.758. The van der Waals surface area contributed by atoms with Crippen LogP contribution in [0.3, 0.4) is 0 Å². The molecular formula is C17H26ClN. The molecule has 0 N–H and O–H groups in total. The highest BCUT2D eigenvalue weighted by atomic mass is 35.5. The zero-order valence-corrected chi connectivity index (χ0v) is 11.8. The summed E-state index contributed by atoms with van der Waals surface area (Å²) in [6, 6.07) is -5.50. The molecular weight excluding hydrogens is 254 g/mol. The molecule has 1 unspecified atom stereocenters. The Morgan fingerprint density at radius 1 is 1.42 bits per heavy atom. The first-order valence-electron chi connectivity index (χ1n) is 12.8. The second kappa shape index (κ2) is 5.85. The van der Waals surface area contributed by atoms with E-state index in [0.29, 0.717) is 6.42 Å². The second-order valence-electron chi connectivity index (χ2n) is 5.11. The van der Waals surface area contributed by atoms with Crippen LogP contribution in [0.15, 0.2) is 24.2 Å². The van der Waals surface area contributed by atoms with Gasteiger partial charge >= 0.3 is 0 Å². The van der Waals surface area contributed by atoms with Crippen molar-refractivity contribution < 1.29 is 17.8 Å². The topological polar surface area (TPSA) is 3.24 Å². The third-order valence-electron chi connectivity index (χ3n) is 3.38. The fourth-order valence-corrected chi connectivity index (χ4v) is 2.46. The van der Waals surface area contributed by atoms with Crippen molar-refractivity contribution in [2.75, 3.05) is 14.0 Å². The Morgan fingerprint density at radius 3 is 2.47 bits per heavy atom. The van der Waals surface area contributed by atoms with Gasteiger partial charge in [0.2, 0.25) is 0 Å². The van der Waals surface area contributed by atoms with E-state index in [4.69, 9.17) is 28.1 Å². The van der Waals surface area contributed by atoms with Crippen LogP contribution in [-0.4, -0.2) is 24.9 Å². The third-order valence-corrected chi connectivity index (χ3v) is 3.57.